The summed E-state index contributed by atoms with van der Waals surface area (Å²) in [6.07, 6.45) is 4.43. The third-order valence-corrected chi connectivity index (χ3v) is 5.85. The minimum atomic E-state index is 0.559. The zero-order chi connectivity index (χ0) is 17.8. The van der Waals surface area contributed by atoms with Crippen molar-refractivity contribution in [3.05, 3.63) is 57.2 Å². The van der Waals surface area contributed by atoms with Crippen LogP contribution in [0.3, 0.4) is 0 Å². The van der Waals surface area contributed by atoms with Gasteiger partial charge in [-0.15, -0.1) is 0 Å². The Morgan fingerprint density at radius 2 is 1.84 bits per heavy atom. The standard InChI is InChI=1S/C22H27IN2/c1-3-15(2)18-8-6-9-20-19(7-4-5-14-24)21(25-22(18)20)16-10-12-17(23)13-11-16/h6,8-13,15,25H,3-5,7,14,24H2,1-2H3. The molecule has 3 heteroatoms. The molecule has 132 valence electrons. The van der Waals surface area contributed by atoms with E-state index in [-0.39, 0.29) is 0 Å². The highest BCUT2D eigenvalue weighted by atomic mass is 127. The summed E-state index contributed by atoms with van der Waals surface area (Å²) in [5, 5.41) is 1.38. The molecule has 3 aromatic rings. The fourth-order valence-electron chi connectivity index (χ4n) is 3.50. The lowest BCUT2D eigenvalue weighted by molar-refractivity contribution is 0.738. The first-order valence-corrected chi connectivity index (χ1v) is 10.3. The summed E-state index contributed by atoms with van der Waals surface area (Å²) in [5.74, 6) is 0.559. The summed E-state index contributed by atoms with van der Waals surface area (Å²) in [6.45, 7) is 5.34. The van der Waals surface area contributed by atoms with Gasteiger partial charge in [0.15, 0.2) is 0 Å². The van der Waals surface area contributed by atoms with E-state index in [9.17, 15) is 0 Å². The monoisotopic (exact) mass is 446 g/mol. The van der Waals surface area contributed by atoms with Crippen LogP contribution in [0, 0.1) is 3.57 Å². The van der Waals surface area contributed by atoms with Crippen LogP contribution in [0.15, 0.2) is 42.5 Å². The Kier molecular flexibility index (Phi) is 6.18. The van der Waals surface area contributed by atoms with Crippen LogP contribution in [0.2, 0.25) is 0 Å². The zero-order valence-corrected chi connectivity index (χ0v) is 17.3. The minimum absolute atomic E-state index is 0.559. The van der Waals surface area contributed by atoms with Crippen LogP contribution < -0.4 is 5.73 Å². The Labute approximate surface area is 164 Å². The number of aromatic nitrogens is 1. The van der Waals surface area contributed by atoms with Crippen molar-refractivity contribution in [2.24, 2.45) is 5.73 Å². The maximum Gasteiger partial charge on any atom is 0.0497 e. The van der Waals surface area contributed by atoms with Crippen molar-refractivity contribution in [1.29, 1.82) is 0 Å². The number of hydrogen-bond acceptors (Lipinski definition) is 1. The molecule has 0 saturated carbocycles. The number of halogens is 1. The summed E-state index contributed by atoms with van der Waals surface area (Å²) in [6, 6.07) is 15.6. The lowest BCUT2D eigenvalue weighted by Crippen LogP contribution is -1.99. The van der Waals surface area contributed by atoms with E-state index < -0.39 is 0 Å². The molecular formula is C22H27IN2. The molecule has 0 amide bonds. The number of aromatic amines is 1. The van der Waals surface area contributed by atoms with E-state index in [0.29, 0.717) is 5.92 Å². The predicted molar refractivity (Wildman–Crippen MR) is 117 cm³/mol. The molecule has 2 aromatic carbocycles. The van der Waals surface area contributed by atoms with Gasteiger partial charge in [0.2, 0.25) is 0 Å². The van der Waals surface area contributed by atoms with Crippen molar-refractivity contribution in [3.8, 4) is 11.3 Å². The maximum absolute atomic E-state index is 5.72. The Morgan fingerprint density at radius 1 is 1.08 bits per heavy atom. The van der Waals surface area contributed by atoms with E-state index in [4.69, 9.17) is 5.73 Å². The van der Waals surface area contributed by atoms with E-state index in [1.807, 2.05) is 0 Å². The van der Waals surface area contributed by atoms with Crippen LogP contribution >= 0.6 is 22.6 Å². The smallest absolute Gasteiger partial charge is 0.0497 e. The largest absolute Gasteiger partial charge is 0.354 e. The molecule has 0 bridgehead atoms. The van der Waals surface area contributed by atoms with Gasteiger partial charge in [-0.25, -0.2) is 0 Å². The molecule has 3 rings (SSSR count). The Balaban J connectivity index is 2.16. The second kappa shape index (κ2) is 8.37. The Bertz CT molecular complexity index is 833. The number of nitrogens with two attached hydrogens (primary N) is 1. The SMILES string of the molecule is CCC(C)c1cccc2c(CCCCN)c(-c3ccc(I)cc3)[nH]c12. The van der Waals surface area contributed by atoms with Crippen LogP contribution in [0.1, 0.15) is 50.2 Å². The second-order valence-electron chi connectivity index (χ2n) is 6.81. The van der Waals surface area contributed by atoms with E-state index in [1.165, 1.54) is 36.9 Å². The molecule has 3 N–H and O–H groups in total. The fraction of sp³-hybridized carbons (Fsp3) is 0.364. The third-order valence-electron chi connectivity index (χ3n) is 5.13. The molecule has 1 unspecified atom stereocenters. The molecule has 1 atom stereocenters. The van der Waals surface area contributed by atoms with Crippen molar-refractivity contribution >= 4 is 33.5 Å². The third kappa shape index (κ3) is 3.93. The van der Waals surface area contributed by atoms with Crippen LogP contribution in [0.5, 0.6) is 0 Å². The normalized spacial score (nSPS) is 12.6. The van der Waals surface area contributed by atoms with Gasteiger partial charge in [0, 0.05) is 20.2 Å². The fourth-order valence-corrected chi connectivity index (χ4v) is 3.86. The molecule has 0 aliphatic heterocycles. The first-order valence-electron chi connectivity index (χ1n) is 9.25. The van der Waals surface area contributed by atoms with Crippen molar-refractivity contribution in [2.45, 2.75) is 45.4 Å². The molecule has 0 fully saturated rings. The van der Waals surface area contributed by atoms with Gasteiger partial charge in [-0.05, 0) is 89.6 Å². The van der Waals surface area contributed by atoms with Crippen LogP contribution in [0.25, 0.3) is 22.2 Å². The van der Waals surface area contributed by atoms with Gasteiger partial charge < -0.3 is 10.7 Å². The van der Waals surface area contributed by atoms with Crippen LogP contribution in [0.4, 0.5) is 0 Å². The van der Waals surface area contributed by atoms with Crippen LogP contribution in [-0.4, -0.2) is 11.5 Å². The van der Waals surface area contributed by atoms with E-state index in [2.05, 4.69) is 83.9 Å². The molecule has 1 aromatic heterocycles. The van der Waals surface area contributed by atoms with Crippen molar-refractivity contribution in [1.82, 2.24) is 4.98 Å². The van der Waals surface area contributed by atoms with Gasteiger partial charge in [-0.3, -0.25) is 0 Å². The second-order valence-corrected chi connectivity index (χ2v) is 8.06. The number of nitrogens with one attached hydrogen (secondary N) is 1. The molecule has 0 aliphatic rings. The number of hydrogen-bond donors (Lipinski definition) is 2. The molecule has 25 heavy (non-hydrogen) atoms. The molecule has 0 radical (unpaired) electrons. The summed E-state index contributed by atoms with van der Waals surface area (Å²) < 4.78 is 1.27. The zero-order valence-electron chi connectivity index (χ0n) is 15.1. The highest BCUT2D eigenvalue weighted by Gasteiger charge is 2.17. The lowest BCUT2D eigenvalue weighted by Gasteiger charge is -2.10. The topological polar surface area (TPSA) is 41.8 Å². The number of H-pyrrole nitrogens is 1. The highest BCUT2D eigenvalue weighted by molar-refractivity contribution is 14.1. The summed E-state index contributed by atoms with van der Waals surface area (Å²) >= 11 is 2.36. The highest BCUT2D eigenvalue weighted by Crippen LogP contribution is 2.36. The Hall–Kier alpha value is -1.33. The van der Waals surface area contributed by atoms with E-state index in [1.54, 1.807) is 0 Å². The first kappa shape index (κ1) is 18.5. The number of aryl methyl sites for hydroxylation is 1. The number of rotatable bonds is 7. The summed E-state index contributed by atoms with van der Waals surface area (Å²) in [4.78, 5) is 3.78. The number of benzene rings is 2. The van der Waals surface area contributed by atoms with Gasteiger partial charge in [-0.1, -0.05) is 44.2 Å². The van der Waals surface area contributed by atoms with Crippen molar-refractivity contribution in [2.75, 3.05) is 6.54 Å². The molecule has 0 spiro atoms. The van der Waals surface area contributed by atoms with Crippen molar-refractivity contribution in [3.63, 3.8) is 0 Å². The molecule has 0 aliphatic carbocycles. The summed E-state index contributed by atoms with van der Waals surface area (Å²) in [5.41, 5.74) is 12.4. The molecule has 2 nitrogen and oxygen atoms in total. The molecule has 0 saturated heterocycles. The molecular weight excluding hydrogens is 419 g/mol. The Morgan fingerprint density at radius 3 is 2.52 bits per heavy atom. The quantitative estimate of drug-likeness (QED) is 0.328. The average Bonchev–Trinajstić information content (AvgIpc) is 3.00. The van der Waals surface area contributed by atoms with E-state index in [0.717, 1.165) is 32.2 Å². The number of para-hydroxylation sites is 1. The maximum atomic E-state index is 5.72. The summed E-state index contributed by atoms with van der Waals surface area (Å²) in [7, 11) is 0. The van der Waals surface area contributed by atoms with Crippen molar-refractivity contribution < 1.29 is 0 Å². The first-order chi connectivity index (χ1) is 12.2. The lowest BCUT2D eigenvalue weighted by atomic mass is 9.94. The number of fused-ring (bicyclic) bond motifs is 1. The van der Waals surface area contributed by atoms with Gasteiger partial charge in [0.05, 0.1) is 0 Å². The van der Waals surface area contributed by atoms with Gasteiger partial charge >= 0.3 is 0 Å². The predicted octanol–water partition coefficient (Wildman–Crippen LogP) is 6.23. The minimum Gasteiger partial charge on any atom is -0.354 e. The van der Waals surface area contributed by atoms with E-state index >= 15 is 0 Å². The number of unbranched alkanes of at least 4 members (excludes halogenated alkanes) is 1. The average molecular weight is 446 g/mol. The van der Waals surface area contributed by atoms with Crippen LogP contribution in [-0.2, 0) is 6.42 Å². The molecule has 1 heterocycles. The van der Waals surface area contributed by atoms with Gasteiger partial charge in [0.25, 0.3) is 0 Å². The van der Waals surface area contributed by atoms with Gasteiger partial charge in [-0.2, -0.15) is 0 Å². The van der Waals surface area contributed by atoms with Gasteiger partial charge in [0.1, 0.15) is 0 Å².